The minimum atomic E-state index is -0.725. The Bertz CT molecular complexity index is 154. The van der Waals surface area contributed by atoms with Crippen molar-refractivity contribution in [1.29, 1.82) is 0 Å². The zero-order chi connectivity index (χ0) is 9.84. The average molecular weight is 189 g/mol. The lowest BCUT2D eigenvalue weighted by molar-refractivity contribution is 0.130. The largest absolute Gasteiger partial charge is 0.384 e. The highest BCUT2D eigenvalue weighted by atomic mass is 19.1. The lowest BCUT2D eigenvalue weighted by atomic mass is 9.94. The van der Waals surface area contributed by atoms with Crippen molar-refractivity contribution in [1.82, 2.24) is 0 Å². The summed E-state index contributed by atoms with van der Waals surface area (Å²) in [7, 11) is 1.69. The summed E-state index contributed by atoms with van der Waals surface area (Å²) in [5.74, 6) is 0.574. The van der Waals surface area contributed by atoms with E-state index in [2.05, 4.69) is 0 Å². The summed E-state index contributed by atoms with van der Waals surface area (Å²) < 4.78 is 18.5. The maximum absolute atomic E-state index is 13.4. The third-order valence-corrected chi connectivity index (χ3v) is 2.89. The first-order chi connectivity index (χ1) is 6.13. The van der Waals surface area contributed by atoms with Crippen LogP contribution in [-0.4, -0.2) is 25.9 Å². The summed E-state index contributed by atoms with van der Waals surface area (Å²) in [5, 5.41) is 0. The van der Waals surface area contributed by atoms with E-state index in [0.29, 0.717) is 18.9 Å². The Labute approximate surface area is 79.6 Å². The molecule has 1 aliphatic rings. The highest BCUT2D eigenvalue weighted by molar-refractivity contribution is 4.81. The second-order valence-corrected chi connectivity index (χ2v) is 4.28. The van der Waals surface area contributed by atoms with Crippen LogP contribution in [0, 0.1) is 11.8 Å². The van der Waals surface area contributed by atoms with Crippen molar-refractivity contribution in [2.45, 2.75) is 38.4 Å². The highest BCUT2D eigenvalue weighted by Crippen LogP contribution is 2.29. The number of hydrogen-bond acceptors (Lipinski definition) is 2. The van der Waals surface area contributed by atoms with E-state index in [0.717, 1.165) is 12.8 Å². The minimum absolute atomic E-state index is 0.0140. The van der Waals surface area contributed by atoms with Gasteiger partial charge in [-0.3, -0.25) is 0 Å². The molecule has 1 saturated carbocycles. The summed E-state index contributed by atoms with van der Waals surface area (Å²) in [6.07, 6.45) is 1.60. The first kappa shape index (κ1) is 10.9. The zero-order valence-corrected chi connectivity index (χ0v) is 8.50. The molecule has 1 aliphatic carbocycles. The molecule has 78 valence electrons. The second-order valence-electron chi connectivity index (χ2n) is 4.28. The molecular formula is C10H20FNO. The maximum atomic E-state index is 13.4. The fraction of sp³-hybridized carbons (Fsp3) is 1.00. The Morgan fingerprint density at radius 3 is 2.69 bits per heavy atom. The van der Waals surface area contributed by atoms with E-state index in [1.54, 1.807) is 7.11 Å². The van der Waals surface area contributed by atoms with Gasteiger partial charge in [0.1, 0.15) is 6.17 Å². The smallest absolute Gasteiger partial charge is 0.104 e. The van der Waals surface area contributed by atoms with Gasteiger partial charge in [0, 0.05) is 19.8 Å². The number of nitrogens with two attached hydrogens (primary N) is 1. The molecule has 0 heterocycles. The van der Waals surface area contributed by atoms with Gasteiger partial charge in [-0.25, -0.2) is 4.39 Å². The molecule has 3 heteroatoms. The van der Waals surface area contributed by atoms with Crippen LogP contribution in [0.15, 0.2) is 0 Å². The Morgan fingerprint density at radius 1 is 1.38 bits per heavy atom. The van der Waals surface area contributed by atoms with Crippen molar-refractivity contribution in [3.05, 3.63) is 0 Å². The molecule has 0 spiro atoms. The highest BCUT2D eigenvalue weighted by Gasteiger charge is 2.28. The molecule has 2 nitrogen and oxygen atoms in total. The molecule has 0 amide bonds. The molecule has 0 radical (unpaired) electrons. The zero-order valence-electron chi connectivity index (χ0n) is 8.50. The van der Waals surface area contributed by atoms with Crippen LogP contribution in [0.25, 0.3) is 0 Å². The van der Waals surface area contributed by atoms with Gasteiger partial charge in [0.05, 0.1) is 0 Å². The third-order valence-electron chi connectivity index (χ3n) is 2.89. The Kier molecular flexibility index (Phi) is 4.13. The van der Waals surface area contributed by atoms with Crippen molar-refractivity contribution in [3.8, 4) is 0 Å². The van der Waals surface area contributed by atoms with Crippen LogP contribution in [0.2, 0.25) is 0 Å². The monoisotopic (exact) mass is 189 g/mol. The van der Waals surface area contributed by atoms with Gasteiger partial charge in [-0.2, -0.15) is 0 Å². The van der Waals surface area contributed by atoms with E-state index in [1.165, 1.54) is 0 Å². The summed E-state index contributed by atoms with van der Waals surface area (Å²) in [6, 6.07) is 0.0140. The number of halogens is 1. The van der Waals surface area contributed by atoms with Gasteiger partial charge >= 0.3 is 0 Å². The van der Waals surface area contributed by atoms with Crippen molar-refractivity contribution >= 4 is 0 Å². The molecule has 0 aromatic rings. The van der Waals surface area contributed by atoms with Gasteiger partial charge < -0.3 is 10.5 Å². The van der Waals surface area contributed by atoms with E-state index in [1.807, 2.05) is 6.92 Å². The molecule has 0 saturated heterocycles. The number of hydrogen-bond donors (Lipinski definition) is 1. The molecule has 1 rings (SSSR count). The summed E-state index contributed by atoms with van der Waals surface area (Å²) in [5.41, 5.74) is 5.81. The third kappa shape index (κ3) is 3.24. The first-order valence-electron chi connectivity index (χ1n) is 5.02. The Hall–Kier alpha value is -0.150. The fourth-order valence-corrected chi connectivity index (χ4v) is 2.19. The van der Waals surface area contributed by atoms with Gasteiger partial charge in [0.2, 0.25) is 0 Å². The topological polar surface area (TPSA) is 35.2 Å². The number of rotatable bonds is 2. The molecule has 4 atom stereocenters. The van der Waals surface area contributed by atoms with Gasteiger partial charge in [0.25, 0.3) is 0 Å². The van der Waals surface area contributed by atoms with Crippen molar-refractivity contribution < 1.29 is 9.13 Å². The lowest BCUT2D eigenvalue weighted by Crippen LogP contribution is -2.25. The number of methoxy groups -OCH3 is 1. The predicted octanol–water partition coefficient (Wildman–Crippen LogP) is 1.73. The second kappa shape index (κ2) is 4.91. The summed E-state index contributed by atoms with van der Waals surface area (Å²) >= 11 is 0. The van der Waals surface area contributed by atoms with Gasteiger partial charge in [-0.15, -0.1) is 0 Å². The normalized spacial score (nSPS) is 41.5. The SMILES string of the molecule is COCC1CC(N)CC(F)C(C)C1. The molecule has 4 unspecified atom stereocenters. The van der Waals surface area contributed by atoms with Crippen LogP contribution in [0.1, 0.15) is 26.2 Å². The molecule has 2 N–H and O–H groups in total. The quantitative estimate of drug-likeness (QED) is 0.671. The van der Waals surface area contributed by atoms with Crippen LogP contribution in [0.3, 0.4) is 0 Å². The van der Waals surface area contributed by atoms with Crippen LogP contribution in [0.5, 0.6) is 0 Å². The molecular weight excluding hydrogens is 169 g/mol. The number of alkyl halides is 1. The first-order valence-corrected chi connectivity index (χ1v) is 5.02. The van der Waals surface area contributed by atoms with E-state index in [-0.39, 0.29) is 12.0 Å². The standard InChI is InChI=1S/C10H20FNO/c1-7-3-8(6-13-2)4-9(12)5-10(7)11/h7-10H,3-6,12H2,1-2H3. The Balaban J connectivity index is 2.49. The maximum Gasteiger partial charge on any atom is 0.104 e. The van der Waals surface area contributed by atoms with Gasteiger partial charge in [0.15, 0.2) is 0 Å². The van der Waals surface area contributed by atoms with Crippen molar-refractivity contribution in [2.75, 3.05) is 13.7 Å². The van der Waals surface area contributed by atoms with Crippen molar-refractivity contribution in [2.24, 2.45) is 17.6 Å². The van der Waals surface area contributed by atoms with Gasteiger partial charge in [-0.1, -0.05) is 6.92 Å². The Morgan fingerprint density at radius 2 is 2.08 bits per heavy atom. The van der Waals surface area contributed by atoms with Crippen LogP contribution >= 0.6 is 0 Å². The summed E-state index contributed by atoms with van der Waals surface area (Å²) in [4.78, 5) is 0. The van der Waals surface area contributed by atoms with E-state index >= 15 is 0 Å². The molecule has 0 bridgehead atoms. The average Bonchev–Trinajstić information content (AvgIpc) is 2.13. The van der Waals surface area contributed by atoms with E-state index in [4.69, 9.17) is 10.5 Å². The van der Waals surface area contributed by atoms with E-state index in [9.17, 15) is 4.39 Å². The summed E-state index contributed by atoms with van der Waals surface area (Å²) in [6.45, 7) is 2.68. The lowest BCUT2D eigenvalue weighted by Gasteiger charge is -2.17. The van der Waals surface area contributed by atoms with Gasteiger partial charge in [-0.05, 0) is 31.1 Å². The van der Waals surface area contributed by atoms with Crippen LogP contribution < -0.4 is 5.73 Å². The minimum Gasteiger partial charge on any atom is -0.384 e. The van der Waals surface area contributed by atoms with E-state index < -0.39 is 6.17 Å². The fourth-order valence-electron chi connectivity index (χ4n) is 2.19. The predicted molar refractivity (Wildman–Crippen MR) is 51.3 cm³/mol. The molecule has 0 aliphatic heterocycles. The molecule has 0 aromatic carbocycles. The van der Waals surface area contributed by atoms with Crippen molar-refractivity contribution in [3.63, 3.8) is 0 Å². The molecule has 1 fully saturated rings. The van der Waals surface area contributed by atoms with Crippen LogP contribution in [0.4, 0.5) is 4.39 Å². The molecule has 0 aromatic heterocycles. The van der Waals surface area contributed by atoms with Crippen LogP contribution in [-0.2, 0) is 4.74 Å². The number of ether oxygens (including phenoxy) is 1. The molecule has 13 heavy (non-hydrogen) atoms.